The average Bonchev–Trinajstić information content (AvgIpc) is 2.17. The Labute approximate surface area is 80.6 Å². The Morgan fingerprint density at radius 3 is 3.08 bits per heavy atom. The van der Waals surface area contributed by atoms with Crippen LogP contribution in [0.1, 0.15) is 12.0 Å². The Balaban J connectivity index is 2.54. The summed E-state index contributed by atoms with van der Waals surface area (Å²) in [6.45, 7) is 0.550. The van der Waals surface area contributed by atoms with Crippen LogP contribution in [0.4, 0.5) is 0 Å². The van der Waals surface area contributed by atoms with E-state index in [0.717, 1.165) is 11.3 Å². The van der Waals surface area contributed by atoms with E-state index in [2.05, 4.69) is 5.16 Å². The van der Waals surface area contributed by atoms with E-state index in [1.807, 2.05) is 0 Å². The van der Waals surface area contributed by atoms with E-state index in [4.69, 9.17) is 21.5 Å². The van der Waals surface area contributed by atoms with Gasteiger partial charge in [-0.05, 0) is 18.2 Å². The number of hydrogen-bond acceptors (Lipinski definition) is 3. The topological polar surface area (TPSA) is 41.8 Å². The van der Waals surface area contributed by atoms with Crippen LogP contribution in [0.15, 0.2) is 23.4 Å². The summed E-state index contributed by atoms with van der Waals surface area (Å²) >= 11 is 5.81. The van der Waals surface area contributed by atoms with Gasteiger partial charge >= 0.3 is 0 Å². The van der Waals surface area contributed by atoms with Crippen LogP contribution in [0.3, 0.4) is 0 Å². The van der Waals surface area contributed by atoms with Crippen molar-refractivity contribution >= 4 is 17.3 Å². The number of rotatable bonds is 0. The minimum Gasteiger partial charge on any atom is -0.492 e. The zero-order valence-electron chi connectivity index (χ0n) is 6.83. The quantitative estimate of drug-likeness (QED) is 0.512. The third-order valence-corrected chi connectivity index (χ3v) is 2.20. The first-order valence-electron chi connectivity index (χ1n) is 3.95. The largest absolute Gasteiger partial charge is 0.492 e. The fourth-order valence-electron chi connectivity index (χ4n) is 1.35. The predicted molar refractivity (Wildman–Crippen MR) is 49.9 cm³/mol. The van der Waals surface area contributed by atoms with Gasteiger partial charge in [-0.3, -0.25) is 0 Å². The molecule has 68 valence electrons. The standard InChI is InChI=1S/C9H8ClNO2/c10-6-1-2-9-7(5-6)8(11-12)3-4-13-9/h1-2,5,12H,3-4H2. The first-order valence-corrected chi connectivity index (χ1v) is 4.32. The Bertz CT molecular complexity index is 363. The fraction of sp³-hybridized carbons (Fsp3) is 0.222. The molecule has 1 N–H and O–H groups in total. The number of benzene rings is 1. The summed E-state index contributed by atoms with van der Waals surface area (Å²) < 4.78 is 5.36. The van der Waals surface area contributed by atoms with Crippen molar-refractivity contribution in [2.45, 2.75) is 6.42 Å². The van der Waals surface area contributed by atoms with Crippen molar-refractivity contribution in [1.29, 1.82) is 0 Å². The number of oxime groups is 1. The van der Waals surface area contributed by atoms with Gasteiger partial charge in [0.25, 0.3) is 0 Å². The molecule has 2 rings (SSSR count). The van der Waals surface area contributed by atoms with Gasteiger partial charge < -0.3 is 9.94 Å². The lowest BCUT2D eigenvalue weighted by atomic mass is 10.0. The van der Waals surface area contributed by atoms with Crippen LogP contribution < -0.4 is 4.74 Å². The average molecular weight is 198 g/mol. The maximum atomic E-state index is 8.72. The lowest BCUT2D eigenvalue weighted by Gasteiger charge is -2.17. The molecule has 0 amide bonds. The van der Waals surface area contributed by atoms with Crippen molar-refractivity contribution in [3.63, 3.8) is 0 Å². The minimum absolute atomic E-state index is 0.550. The minimum atomic E-state index is 0.550. The molecule has 0 saturated carbocycles. The van der Waals surface area contributed by atoms with Gasteiger partial charge in [0.1, 0.15) is 5.75 Å². The molecular formula is C9H8ClNO2. The second-order valence-electron chi connectivity index (χ2n) is 2.79. The van der Waals surface area contributed by atoms with E-state index in [0.29, 0.717) is 23.8 Å². The number of hydrogen-bond donors (Lipinski definition) is 1. The molecule has 1 aromatic rings. The van der Waals surface area contributed by atoms with E-state index >= 15 is 0 Å². The molecular weight excluding hydrogens is 190 g/mol. The highest BCUT2D eigenvalue weighted by Crippen LogP contribution is 2.27. The monoisotopic (exact) mass is 197 g/mol. The molecule has 0 fully saturated rings. The molecule has 0 saturated heterocycles. The van der Waals surface area contributed by atoms with Gasteiger partial charge in [-0.1, -0.05) is 16.8 Å². The van der Waals surface area contributed by atoms with E-state index in [9.17, 15) is 0 Å². The molecule has 1 heterocycles. The molecule has 0 spiro atoms. The molecule has 0 aromatic heterocycles. The second-order valence-corrected chi connectivity index (χ2v) is 3.22. The Hall–Kier alpha value is -1.22. The summed E-state index contributed by atoms with van der Waals surface area (Å²) in [5.74, 6) is 0.725. The van der Waals surface area contributed by atoms with Crippen LogP contribution in [-0.2, 0) is 0 Å². The molecule has 0 aliphatic carbocycles. The zero-order chi connectivity index (χ0) is 9.26. The lowest BCUT2D eigenvalue weighted by molar-refractivity contribution is 0.298. The summed E-state index contributed by atoms with van der Waals surface area (Å²) in [7, 11) is 0. The van der Waals surface area contributed by atoms with Crippen LogP contribution in [-0.4, -0.2) is 17.5 Å². The van der Waals surface area contributed by atoms with Gasteiger partial charge in [-0.25, -0.2) is 0 Å². The fourth-order valence-corrected chi connectivity index (χ4v) is 1.52. The summed E-state index contributed by atoms with van der Waals surface area (Å²) in [6.07, 6.45) is 0.615. The lowest BCUT2D eigenvalue weighted by Crippen LogP contribution is -2.16. The molecule has 1 aliphatic heterocycles. The maximum absolute atomic E-state index is 8.72. The molecule has 1 aromatic carbocycles. The molecule has 0 atom stereocenters. The van der Waals surface area contributed by atoms with Crippen molar-refractivity contribution in [3.8, 4) is 5.75 Å². The second kappa shape index (κ2) is 3.26. The van der Waals surface area contributed by atoms with Crippen LogP contribution in [0, 0.1) is 0 Å². The molecule has 0 radical (unpaired) electrons. The van der Waals surface area contributed by atoms with Gasteiger partial charge in [0.2, 0.25) is 0 Å². The van der Waals surface area contributed by atoms with Crippen LogP contribution in [0.25, 0.3) is 0 Å². The SMILES string of the molecule is ON=C1CCOc2ccc(Cl)cc21. The molecule has 13 heavy (non-hydrogen) atoms. The summed E-state index contributed by atoms with van der Waals surface area (Å²) in [5, 5.41) is 12.5. The van der Waals surface area contributed by atoms with E-state index < -0.39 is 0 Å². The molecule has 1 aliphatic rings. The van der Waals surface area contributed by atoms with Crippen molar-refractivity contribution in [3.05, 3.63) is 28.8 Å². The first-order chi connectivity index (χ1) is 6.31. The molecule has 0 unspecified atom stereocenters. The van der Waals surface area contributed by atoms with Crippen molar-refractivity contribution in [2.24, 2.45) is 5.16 Å². The smallest absolute Gasteiger partial charge is 0.128 e. The molecule has 4 heteroatoms. The van der Waals surface area contributed by atoms with Gasteiger partial charge in [-0.15, -0.1) is 0 Å². The Kier molecular flexibility index (Phi) is 2.10. The highest BCUT2D eigenvalue weighted by Gasteiger charge is 2.17. The third kappa shape index (κ3) is 1.47. The third-order valence-electron chi connectivity index (χ3n) is 1.97. The van der Waals surface area contributed by atoms with Crippen molar-refractivity contribution in [2.75, 3.05) is 6.61 Å². The summed E-state index contributed by atoms with van der Waals surface area (Å²) in [4.78, 5) is 0. The number of nitrogens with zero attached hydrogens (tertiary/aromatic N) is 1. The Morgan fingerprint density at radius 1 is 1.46 bits per heavy atom. The number of fused-ring (bicyclic) bond motifs is 1. The van der Waals surface area contributed by atoms with Crippen LogP contribution >= 0.6 is 11.6 Å². The van der Waals surface area contributed by atoms with E-state index in [1.54, 1.807) is 18.2 Å². The number of ether oxygens (including phenoxy) is 1. The summed E-state index contributed by atoms with van der Waals surface area (Å²) in [6, 6.07) is 5.27. The normalized spacial score (nSPS) is 18.1. The number of halogens is 1. The van der Waals surface area contributed by atoms with E-state index in [1.165, 1.54) is 0 Å². The highest BCUT2D eigenvalue weighted by molar-refractivity contribution is 6.31. The van der Waals surface area contributed by atoms with Crippen molar-refractivity contribution in [1.82, 2.24) is 0 Å². The summed E-state index contributed by atoms with van der Waals surface area (Å²) in [5.41, 5.74) is 1.41. The van der Waals surface area contributed by atoms with Crippen LogP contribution in [0.2, 0.25) is 5.02 Å². The van der Waals surface area contributed by atoms with Gasteiger partial charge in [-0.2, -0.15) is 0 Å². The predicted octanol–water partition coefficient (Wildman–Crippen LogP) is 2.30. The van der Waals surface area contributed by atoms with Gasteiger partial charge in [0, 0.05) is 17.0 Å². The first kappa shape index (κ1) is 8.38. The van der Waals surface area contributed by atoms with Gasteiger partial charge in [0.05, 0.1) is 12.3 Å². The van der Waals surface area contributed by atoms with Gasteiger partial charge in [0.15, 0.2) is 0 Å². The maximum Gasteiger partial charge on any atom is 0.128 e. The van der Waals surface area contributed by atoms with E-state index in [-0.39, 0.29) is 0 Å². The zero-order valence-corrected chi connectivity index (χ0v) is 7.58. The molecule has 3 nitrogen and oxygen atoms in total. The van der Waals surface area contributed by atoms with Crippen molar-refractivity contribution < 1.29 is 9.94 Å². The van der Waals surface area contributed by atoms with Crippen LogP contribution in [0.5, 0.6) is 5.75 Å². The Morgan fingerprint density at radius 2 is 2.31 bits per heavy atom. The highest BCUT2D eigenvalue weighted by atomic mass is 35.5. The molecule has 0 bridgehead atoms.